The van der Waals surface area contributed by atoms with Crippen molar-refractivity contribution in [3.8, 4) is 11.6 Å². The van der Waals surface area contributed by atoms with E-state index in [9.17, 15) is 10.2 Å². The Balaban J connectivity index is 2.07. The minimum atomic E-state index is -1.02. The van der Waals surface area contributed by atoms with Gasteiger partial charge in [-0.1, -0.05) is 6.42 Å². The molecule has 2 rings (SSSR count). The van der Waals surface area contributed by atoms with Gasteiger partial charge < -0.3 is 29.1 Å². The zero-order valence-electron chi connectivity index (χ0n) is 18.5. The predicted octanol–water partition coefficient (Wildman–Crippen LogP) is 2.19. The van der Waals surface area contributed by atoms with Crippen LogP contribution in [-0.4, -0.2) is 60.0 Å². The van der Waals surface area contributed by atoms with E-state index >= 15 is 0 Å². The highest BCUT2D eigenvalue weighted by molar-refractivity contribution is 6.48. The molecular formula is C21H35BNO6. The van der Waals surface area contributed by atoms with E-state index < -0.39 is 17.5 Å². The lowest BCUT2D eigenvalue weighted by atomic mass is 9.68. The molecule has 1 saturated carbocycles. The van der Waals surface area contributed by atoms with Crippen LogP contribution in [0.5, 0.6) is 11.6 Å². The van der Waals surface area contributed by atoms with Crippen molar-refractivity contribution in [2.24, 2.45) is 5.41 Å². The molecule has 0 saturated heterocycles. The summed E-state index contributed by atoms with van der Waals surface area (Å²) in [7, 11) is 1.55. The van der Waals surface area contributed by atoms with Crippen molar-refractivity contribution in [3.63, 3.8) is 0 Å². The van der Waals surface area contributed by atoms with Gasteiger partial charge in [0.05, 0.1) is 23.2 Å². The molecule has 0 spiro atoms. The first kappa shape index (κ1) is 23.9. The van der Waals surface area contributed by atoms with E-state index in [0.29, 0.717) is 36.9 Å². The number of nitrogens with zero attached hydrogens (tertiary/aromatic N) is 1. The molecule has 0 aromatic carbocycles. The topological polar surface area (TPSA) is 90.3 Å². The number of aliphatic hydroxyl groups excluding tert-OH is 1. The van der Waals surface area contributed by atoms with Crippen LogP contribution in [-0.2, 0) is 9.39 Å². The van der Waals surface area contributed by atoms with Crippen LogP contribution in [0.1, 0.15) is 60.8 Å². The summed E-state index contributed by atoms with van der Waals surface area (Å²) in [5.41, 5.74) is -1.54. The first-order valence-electron chi connectivity index (χ1n) is 10.3. The highest BCUT2D eigenvalue weighted by Gasteiger charge is 2.45. The summed E-state index contributed by atoms with van der Waals surface area (Å²) in [5, 5.41) is 20.6. The molecule has 1 aromatic heterocycles. The zero-order valence-corrected chi connectivity index (χ0v) is 18.5. The van der Waals surface area contributed by atoms with E-state index in [1.165, 1.54) is 0 Å². The number of ether oxygens (including phenoxy) is 3. The summed E-state index contributed by atoms with van der Waals surface area (Å²) in [5.74, 6) is 0.999. The first-order valence-corrected chi connectivity index (χ1v) is 10.3. The van der Waals surface area contributed by atoms with Gasteiger partial charge in [-0.15, -0.1) is 0 Å². The van der Waals surface area contributed by atoms with E-state index in [1.54, 1.807) is 33.6 Å². The average Bonchev–Trinajstić information content (AvgIpc) is 2.59. The van der Waals surface area contributed by atoms with Gasteiger partial charge in [0.25, 0.3) is 0 Å². The summed E-state index contributed by atoms with van der Waals surface area (Å²) in [6, 6.07) is 1.72. The smallest absolute Gasteiger partial charge is 0.336 e. The van der Waals surface area contributed by atoms with Crippen LogP contribution in [0.15, 0.2) is 12.3 Å². The van der Waals surface area contributed by atoms with Crippen molar-refractivity contribution in [3.05, 3.63) is 12.3 Å². The molecule has 2 N–H and O–H groups in total. The van der Waals surface area contributed by atoms with Gasteiger partial charge in [0, 0.05) is 24.3 Å². The Morgan fingerprint density at radius 3 is 2.38 bits per heavy atom. The lowest BCUT2D eigenvalue weighted by Crippen LogP contribution is -2.49. The van der Waals surface area contributed by atoms with E-state index in [4.69, 9.17) is 18.9 Å². The van der Waals surface area contributed by atoms with Crippen LogP contribution in [0.4, 0.5) is 0 Å². The van der Waals surface area contributed by atoms with Crippen molar-refractivity contribution >= 4 is 12.9 Å². The summed E-state index contributed by atoms with van der Waals surface area (Å²) < 4.78 is 22.8. The van der Waals surface area contributed by atoms with E-state index in [0.717, 1.165) is 19.3 Å². The molecule has 7 nitrogen and oxygen atoms in total. The van der Waals surface area contributed by atoms with Gasteiger partial charge in [-0.25, -0.2) is 4.98 Å². The molecule has 1 aromatic rings. The quantitative estimate of drug-likeness (QED) is 0.405. The summed E-state index contributed by atoms with van der Waals surface area (Å²) >= 11 is 0. The highest BCUT2D eigenvalue weighted by Crippen LogP contribution is 2.44. The molecule has 163 valence electrons. The standard InChI is InChI=1S/C21H35BNO6/c1-7-26-16-12-17(28-14-21(10-9-11-21)18(24)27-8-2)23-13-15(16)22-29-20(5,6)19(3,4)25/h12-13,18,24-25H,7-11,14H2,1-6H3. The lowest BCUT2D eigenvalue weighted by Gasteiger charge is -2.44. The Labute approximate surface area is 175 Å². The number of hydrogen-bond donors (Lipinski definition) is 2. The molecular weight excluding hydrogens is 373 g/mol. The number of aromatic nitrogens is 1. The lowest BCUT2D eigenvalue weighted by molar-refractivity contribution is -0.208. The SMILES string of the molecule is CCOc1cc(OCC2(C(O)OCC)CCC2)ncc1[B]OC(C)(C)C(C)(C)O. The zero-order chi connectivity index (χ0) is 21.7. The molecule has 1 radical (unpaired) electrons. The van der Waals surface area contributed by atoms with Gasteiger partial charge in [0.15, 0.2) is 6.29 Å². The molecule has 1 atom stereocenters. The third kappa shape index (κ3) is 5.84. The summed E-state index contributed by atoms with van der Waals surface area (Å²) in [6.07, 6.45) is 3.55. The molecule has 1 heterocycles. The highest BCUT2D eigenvalue weighted by atomic mass is 16.6. The maximum atomic E-state index is 10.3. The normalized spacial score (nSPS) is 17.4. The van der Waals surface area contributed by atoms with E-state index in [2.05, 4.69) is 4.98 Å². The minimum absolute atomic E-state index is 0.331. The van der Waals surface area contributed by atoms with Crippen molar-refractivity contribution in [1.82, 2.24) is 4.98 Å². The Bertz CT molecular complexity index is 657. The van der Waals surface area contributed by atoms with Gasteiger partial charge in [-0.2, -0.15) is 0 Å². The Morgan fingerprint density at radius 2 is 1.86 bits per heavy atom. The van der Waals surface area contributed by atoms with Crippen molar-refractivity contribution < 1.29 is 29.1 Å². The Hall–Kier alpha value is -1.35. The van der Waals surface area contributed by atoms with Crippen molar-refractivity contribution in [2.45, 2.75) is 78.3 Å². The molecule has 8 heteroatoms. The second kappa shape index (κ2) is 9.64. The predicted molar refractivity (Wildman–Crippen MR) is 112 cm³/mol. The third-order valence-corrected chi connectivity index (χ3v) is 5.83. The number of hydrogen-bond acceptors (Lipinski definition) is 7. The molecule has 0 bridgehead atoms. The second-order valence-electron chi connectivity index (χ2n) is 8.61. The minimum Gasteiger partial charge on any atom is -0.494 e. The van der Waals surface area contributed by atoms with Crippen molar-refractivity contribution in [1.29, 1.82) is 0 Å². The maximum Gasteiger partial charge on any atom is 0.336 e. The molecule has 1 aliphatic carbocycles. The van der Waals surface area contributed by atoms with Gasteiger partial charge in [0.1, 0.15) is 12.4 Å². The van der Waals surface area contributed by atoms with Crippen LogP contribution in [0.3, 0.4) is 0 Å². The monoisotopic (exact) mass is 408 g/mol. The van der Waals surface area contributed by atoms with Crippen LogP contribution >= 0.6 is 0 Å². The van der Waals surface area contributed by atoms with E-state index in [1.807, 2.05) is 27.7 Å². The fraction of sp³-hybridized carbons (Fsp3) is 0.762. The number of aliphatic hydroxyl groups is 2. The van der Waals surface area contributed by atoms with E-state index in [-0.39, 0.29) is 5.41 Å². The van der Waals surface area contributed by atoms with Crippen molar-refractivity contribution in [2.75, 3.05) is 19.8 Å². The molecule has 1 fully saturated rings. The largest absolute Gasteiger partial charge is 0.494 e. The second-order valence-corrected chi connectivity index (χ2v) is 8.61. The summed E-state index contributed by atoms with van der Waals surface area (Å²) in [4.78, 5) is 4.35. The number of pyridine rings is 1. The third-order valence-electron chi connectivity index (χ3n) is 5.83. The van der Waals surface area contributed by atoms with Crippen LogP contribution in [0.2, 0.25) is 0 Å². The molecule has 1 aliphatic rings. The fourth-order valence-corrected chi connectivity index (χ4v) is 2.88. The molecule has 1 unspecified atom stereocenters. The Morgan fingerprint density at radius 1 is 1.17 bits per heavy atom. The fourth-order valence-electron chi connectivity index (χ4n) is 2.88. The summed E-state index contributed by atoms with van der Waals surface area (Å²) in [6.45, 7) is 12.1. The first-order chi connectivity index (χ1) is 13.5. The van der Waals surface area contributed by atoms with Crippen LogP contribution in [0.25, 0.3) is 0 Å². The average molecular weight is 408 g/mol. The Kier molecular flexibility index (Phi) is 7.96. The van der Waals surface area contributed by atoms with Crippen LogP contribution < -0.4 is 14.9 Å². The maximum absolute atomic E-state index is 10.3. The van der Waals surface area contributed by atoms with Crippen LogP contribution in [0, 0.1) is 5.41 Å². The van der Waals surface area contributed by atoms with Gasteiger partial charge >= 0.3 is 7.48 Å². The molecule has 0 amide bonds. The van der Waals surface area contributed by atoms with Gasteiger partial charge in [0.2, 0.25) is 5.88 Å². The number of rotatable bonds is 12. The van der Waals surface area contributed by atoms with Gasteiger partial charge in [-0.3, -0.25) is 0 Å². The molecule has 29 heavy (non-hydrogen) atoms. The van der Waals surface area contributed by atoms with Gasteiger partial charge in [-0.05, 0) is 54.4 Å². The molecule has 0 aliphatic heterocycles.